The minimum absolute atomic E-state index is 0.237. The summed E-state index contributed by atoms with van der Waals surface area (Å²) in [4.78, 5) is 12.3. The number of carbonyl (C=O) groups is 1. The van der Waals surface area contributed by atoms with Crippen LogP contribution in [0.5, 0.6) is 5.75 Å². The van der Waals surface area contributed by atoms with Gasteiger partial charge in [-0.25, -0.2) is 4.68 Å². The van der Waals surface area contributed by atoms with Gasteiger partial charge in [0.2, 0.25) is 5.16 Å². The number of hydrogen-bond acceptors (Lipinski definition) is 7. The van der Waals surface area contributed by atoms with E-state index < -0.39 is 0 Å². The van der Waals surface area contributed by atoms with E-state index in [-0.39, 0.29) is 5.91 Å². The zero-order valence-electron chi connectivity index (χ0n) is 13.6. The lowest BCUT2D eigenvalue weighted by Crippen LogP contribution is -2.26. The molecule has 0 saturated carbocycles. The fourth-order valence-electron chi connectivity index (χ4n) is 2.28. The number of tetrazole rings is 1. The van der Waals surface area contributed by atoms with Crippen LogP contribution in [0.15, 0.2) is 27.8 Å². The summed E-state index contributed by atoms with van der Waals surface area (Å²) in [5.41, 5.74) is 1.45. The second kappa shape index (κ2) is 6.91. The number of hydrogen-bond donors (Lipinski definition) is 1. The van der Waals surface area contributed by atoms with Gasteiger partial charge in [0.25, 0.3) is 5.91 Å². The molecular formula is C15H17N5O3S. The molecule has 126 valence electrons. The van der Waals surface area contributed by atoms with Crippen LogP contribution in [0.1, 0.15) is 16.1 Å². The molecule has 1 N–H and O–H groups in total. The molecular weight excluding hydrogens is 330 g/mol. The van der Waals surface area contributed by atoms with E-state index in [0.29, 0.717) is 34.5 Å². The van der Waals surface area contributed by atoms with Crippen LogP contribution in [-0.4, -0.2) is 45.5 Å². The Kier molecular flexibility index (Phi) is 4.70. The van der Waals surface area contributed by atoms with Gasteiger partial charge >= 0.3 is 0 Å². The van der Waals surface area contributed by atoms with Crippen LogP contribution in [0.3, 0.4) is 0 Å². The van der Waals surface area contributed by atoms with Gasteiger partial charge in [-0.2, -0.15) is 0 Å². The van der Waals surface area contributed by atoms with Crippen molar-refractivity contribution in [3.8, 4) is 5.75 Å². The maximum atomic E-state index is 12.3. The van der Waals surface area contributed by atoms with E-state index in [1.165, 1.54) is 11.8 Å². The van der Waals surface area contributed by atoms with E-state index in [1.54, 1.807) is 24.9 Å². The summed E-state index contributed by atoms with van der Waals surface area (Å²) in [7, 11) is 3.36. The van der Waals surface area contributed by atoms with Crippen molar-refractivity contribution in [1.29, 1.82) is 0 Å². The minimum atomic E-state index is -0.237. The molecule has 24 heavy (non-hydrogen) atoms. The van der Waals surface area contributed by atoms with Gasteiger partial charge in [-0.3, -0.25) is 4.79 Å². The lowest BCUT2D eigenvalue weighted by Gasteiger charge is -2.03. The molecule has 0 fully saturated rings. The molecule has 1 amide bonds. The molecule has 0 aliphatic rings. The molecule has 0 aliphatic heterocycles. The second-order valence-electron chi connectivity index (χ2n) is 5.11. The van der Waals surface area contributed by atoms with Crippen molar-refractivity contribution in [1.82, 2.24) is 25.5 Å². The number of aryl methyl sites for hydroxylation is 2. The number of rotatable bonds is 6. The highest BCUT2D eigenvalue weighted by molar-refractivity contribution is 7.99. The molecule has 0 spiro atoms. The number of fused-ring (bicyclic) bond motifs is 1. The first-order valence-electron chi connectivity index (χ1n) is 7.30. The quantitative estimate of drug-likeness (QED) is 0.536. The fourth-order valence-corrected chi connectivity index (χ4v) is 2.98. The largest absolute Gasteiger partial charge is 0.497 e. The molecule has 0 radical (unpaired) electrons. The van der Waals surface area contributed by atoms with Gasteiger partial charge in [0, 0.05) is 36.4 Å². The maximum Gasteiger partial charge on any atom is 0.287 e. The van der Waals surface area contributed by atoms with Gasteiger partial charge < -0.3 is 14.5 Å². The van der Waals surface area contributed by atoms with Crippen LogP contribution >= 0.6 is 11.8 Å². The van der Waals surface area contributed by atoms with Crippen molar-refractivity contribution in [3.63, 3.8) is 0 Å². The van der Waals surface area contributed by atoms with Crippen LogP contribution in [0, 0.1) is 6.92 Å². The Morgan fingerprint density at radius 1 is 1.46 bits per heavy atom. The number of ether oxygens (including phenoxy) is 1. The molecule has 3 aromatic rings. The minimum Gasteiger partial charge on any atom is -0.497 e. The van der Waals surface area contributed by atoms with Crippen molar-refractivity contribution >= 4 is 28.6 Å². The molecule has 0 saturated heterocycles. The highest BCUT2D eigenvalue weighted by Gasteiger charge is 2.17. The molecule has 0 bridgehead atoms. The van der Waals surface area contributed by atoms with E-state index in [9.17, 15) is 4.79 Å². The Bertz CT molecular complexity index is 873. The lowest BCUT2D eigenvalue weighted by molar-refractivity contribution is 0.0930. The molecule has 0 aliphatic carbocycles. The zero-order valence-corrected chi connectivity index (χ0v) is 14.4. The molecule has 2 heterocycles. The first-order chi connectivity index (χ1) is 11.6. The third-order valence-corrected chi connectivity index (χ3v) is 4.56. The first kappa shape index (κ1) is 16.3. The molecule has 0 unspecified atom stereocenters. The summed E-state index contributed by atoms with van der Waals surface area (Å²) in [5.74, 6) is 1.44. The van der Waals surface area contributed by atoms with E-state index in [2.05, 4.69) is 20.8 Å². The summed E-state index contributed by atoms with van der Waals surface area (Å²) in [6.45, 7) is 2.35. The second-order valence-corrected chi connectivity index (χ2v) is 6.17. The van der Waals surface area contributed by atoms with Crippen LogP contribution in [0.4, 0.5) is 0 Å². The molecule has 8 nitrogen and oxygen atoms in total. The van der Waals surface area contributed by atoms with Crippen LogP contribution in [-0.2, 0) is 7.05 Å². The third kappa shape index (κ3) is 3.21. The van der Waals surface area contributed by atoms with Crippen LogP contribution < -0.4 is 10.1 Å². The number of nitrogens with one attached hydrogen (secondary N) is 1. The van der Waals surface area contributed by atoms with E-state index in [1.807, 2.05) is 19.1 Å². The summed E-state index contributed by atoms with van der Waals surface area (Å²) in [5, 5.41) is 15.6. The molecule has 1 aromatic carbocycles. The zero-order chi connectivity index (χ0) is 17.1. The van der Waals surface area contributed by atoms with E-state index in [4.69, 9.17) is 9.15 Å². The molecule has 2 aromatic heterocycles. The number of methoxy groups -OCH3 is 1. The number of aromatic nitrogens is 4. The SMILES string of the molecule is COc1ccc2c(C)c(C(=O)NCCSc3nnnn3C)oc2c1. The number of benzene rings is 1. The monoisotopic (exact) mass is 347 g/mol. The van der Waals surface area contributed by atoms with Crippen molar-refractivity contribution < 1.29 is 13.9 Å². The average Bonchev–Trinajstić information content (AvgIpc) is 3.14. The van der Waals surface area contributed by atoms with Crippen molar-refractivity contribution in [3.05, 3.63) is 29.5 Å². The van der Waals surface area contributed by atoms with E-state index >= 15 is 0 Å². The number of furan rings is 1. The van der Waals surface area contributed by atoms with E-state index in [0.717, 1.165) is 10.9 Å². The third-order valence-electron chi connectivity index (χ3n) is 3.55. The smallest absolute Gasteiger partial charge is 0.287 e. The van der Waals surface area contributed by atoms with Gasteiger partial charge in [0.15, 0.2) is 5.76 Å². The standard InChI is InChI=1S/C15H17N5O3S/c1-9-11-5-4-10(22-3)8-12(11)23-13(9)14(21)16-6-7-24-15-17-18-19-20(15)2/h4-5,8H,6-7H2,1-3H3,(H,16,21). The highest BCUT2D eigenvalue weighted by atomic mass is 32.2. The summed E-state index contributed by atoms with van der Waals surface area (Å²) >= 11 is 1.47. The normalized spacial score (nSPS) is 11.0. The molecule has 9 heteroatoms. The Morgan fingerprint density at radius 2 is 2.29 bits per heavy atom. The molecule has 0 atom stereocenters. The summed E-state index contributed by atoms with van der Waals surface area (Å²) < 4.78 is 12.5. The fraction of sp³-hybridized carbons (Fsp3) is 0.333. The Labute approximate surface area is 142 Å². The number of nitrogens with zero attached hydrogens (tertiary/aromatic N) is 4. The Morgan fingerprint density at radius 3 is 3.00 bits per heavy atom. The summed E-state index contributed by atoms with van der Waals surface area (Å²) in [6, 6.07) is 5.51. The maximum absolute atomic E-state index is 12.3. The number of carbonyl (C=O) groups excluding carboxylic acids is 1. The van der Waals surface area contributed by atoms with Crippen molar-refractivity contribution in [2.45, 2.75) is 12.1 Å². The van der Waals surface area contributed by atoms with Crippen molar-refractivity contribution in [2.24, 2.45) is 7.05 Å². The van der Waals surface area contributed by atoms with Gasteiger partial charge in [0.05, 0.1) is 7.11 Å². The average molecular weight is 347 g/mol. The van der Waals surface area contributed by atoms with Gasteiger partial charge in [-0.1, -0.05) is 11.8 Å². The summed E-state index contributed by atoms with van der Waals surface area (Å²) in [6.07, 6.45) is 0. The topological polar surface area (TPSA) is 95.1 Å². The Hall–Kier alpha value is -2.55. The number of thioether (sulfide) groups is 1. The van der Waals surface area contributed by atoms with Gasteiger partial charge in [-0.05, 0) is 29.5 Å². The lowest BCUT2D eigenvalue weighted by atomic mass is 10.1. The highest BCUT2D eigenvalue weighted by Crippen LogP contribution is 2.28. The number of amides is 1. The predicted octanol–water partition coefficient (Wildman–Crippen LogP) is 1.80. The van der Waals surface area contributed by atoms with Crippen LogP contribution in [0.25, 0.3) is 11.0 Å². The van der Waals surface area contributed by atoms with Gasteiger partial charge in [0.1, 0.15) is 11.3 Å². The first-order valence-corrected chi connectivity index (χ1v) is 8.29. The molecule has 3 rings (SSSR count). The predicted molar refractivity (Wildman–Crippen MR) is 89.4 cm³/mol. The van der Waals surface area contributed by atoms with Crippen LogP contribution in [0.2, 0.25) is 0 Å². The Balaban J connectivity index is 1.63. The van der Waals surface area contributed by atoms with Gasteiger partial charge in [-0.15, -0.1) is 5.10 Å². The van der Waals surface area contributed by atoms with Crippen molar-refractivity contribution in [2.75, 3.05) is 19.4 Å².